The SMILES string of the molecule is Brc1cccc2c(OCc3ccc4ccccc4c3)c3ccccc3c(OCc3ccc4ccccc4c3)c12. The molecule has 0 bridgehead atoms. The van der Waals surface area contributed by atoms with Gasteiger partial charge in [0.2, 0.25) is 0 Å². The Morgan fingerprint density at radius 2 is 0.923 bits per heavy atom. The molecule has 0 saturated carbocycles. The van der Waals surface area contributed by atoms with Gasteiger partial charge in [-0.3, -0.25) is 0 Å². The van der Waals surface area contributed by atoms with Crippen LogP contribution in [-0.4, -0.2) is 0 Å². The van der Waals surface area contributed by atoms with Gasteiger partial charge in [-0.1, -0.05) is 125 Å². The van der Waals surface area contributed by atoms with Crippen LogP contribution in [0.15, 0.2) is 132 Å². The molecule has 3 heteroatoms. The van der Waals surface area contributed by atoms with Crippen LogP contribution < -0.4 is 9.47 Å². The number of hydrogen-bond donors (Lipinski definition) is 0. The summed E-state index contributed by atoms with van der Waals surface area (Å²) in [4.78, 5) is 0. The van der Waals surface area contributed by atoms with E-state index in [2.05, 4.69) is 143 Å². The molecule has 0 spiro atoms. The number of fused-ring (bicyclic) bond motifs is 4. The second-order valence-corrected chi connectivity index (χ2v) is 10.7. The van der Waals surface area contributed by atoms with E-state index in [9.17, 15) is 0 Å². The highest BCUT2D eigenvalue weighted by atomic mass is 79.9. The predicted octanol–water partition coefficient (Wildman–Crippen LogP) is 10.2. The number of benzene rings is 7. The van der Waals surface area contributed by atoms with Crippen molar-refractivity contribution in [1.29, 1.82) is 0 Å². The Bertz CT molecular complexity index is 1990. The first-order valence-corrected chi connectivity index (χ1v) is 13.9. The topological polar surface area (TPSA) is 18.5 Å². The Hall–Kier alpha value is -4.34. The molecule has 0 saturated heterocycles. The Morgan fingerprint density at radius 3 is 1.54 bits per heavy atom. The summed E-state index contributed by atoms with van der Waals surface area (Å²) in [6.07, 6.45) is 0. The smallest absolute Gasteiger partial charge is 0.136 e. The lowest BCUT2D eigenvalue weighted by atomic mass is 10.0. The summed E-state index contributed by atoms with van der Waals surface area (Å²) in [5, 5.41) is 9.01. The van der Waals surface area contributed by atoms with Crippen molar-refractivity contribution in [1.82, 2.24) is 0 Å². The first kappa shape index (κ1) is 23.8. The van der Waals surface area contributed by atoms with Gasteiger partial charge < -0.3 is 9.47 Å². The van der Waals surface area contributed by atoms with Gasteiger partial charge in [-0.05, 0) is 50.9 Å². The highest BCUT2D eigenvalue weighted by Crippen LogP contribution is 2.46. The monoisotopic (exact) mass is 568 g/mol. The van der Waals surface area contributed by atoms with E-state index in [-0.39, 0.29) is 0 Å². The van der Waals surface area contributed by atoms with Gasteiger partial charge in [0.1, 0.15) is 24.7 Å². The van der Waals surface area contributed by atoms with E-state index in [4.69, 9.17) is 9.47 Å². The summed E-state index contributed by atoms with van der Waals surface area (Å²) in [5.41, 5.74) is 2.27. The highest BCUT2D eigenvalue weighted by Gasteiger charge is 2.18. The summed E-state index contributed by atoms with van der Waals surface area (Å²) in [7, 11) is 0. The molecule has 0 amide bonds. The number of ether oxygens (including phenoxy) is 2. The van der Waals surface area contributed by atoms with Gasteiger partial charge in [-0.15, -0.1) is 0 Å². The van der Waals surface area contributed by atoms with Crippen molar-refractivity contribution in [3.05, 3.63) is 143 Å². The molecule has 0 aliphatic heterocycles. The van der Waals surface area contributed by atoms with E-state index in [1.807, 2.05) is 0 Å². The maximum atomic E-state index is 6.63. The predicted molar refractivity (Wildman–Crippen MR) is 166 cm³/mol. The molecule has 0 aliphatic carbocycles. The summed E-state index contributed by atoms with van der Waals surface area (Å²) < 4.78 is 14.2. The Balaban J connectivity index is 1.29. The fourth-order valence-corrected chi connectivity index (χ4v) is 5.92. The minimum atomic E-state index is 0.475. The van der Waals surface area contributed by atoms with Crippen LogP contribution in [0, 0.1) is 0 Å². The quantitative estimate of drug-likeness (QED) is 0.186. The molecule has 0 fully saturated rings. The van der Waals surface area contributed by atoms with E-state index in [1.54, 1.807) is 0 Å². The van der Waals surface area contributed by atoms with E-state index in [0.717, 1.165) is 48.6 Å². The lowest BCUT2D eigenvalue weighted by Gasteiger charge is -2.19. The lowest BCUT2D eigenvalue weighted by Crippen LogP contribution is -2.01. The van der Waals surface area contributed by atoms with Crippen LogP contribution in [0.25, 0.3) is 43.1 Å². The van der Waals surface area contributed by atoms with Gasteiger partial charge in [0.15, 0.2) is 0 Å². The molecule has 39 heavy (non-hydrogen) atoms. The molecule has 7 aromatic rings. The third kappa shape index (κ3) is 4.49. The largest absolute Gasteiger partial charge is 0.488 e. The minimum absolute atomic E-state index is 0.475. The fourth-order valence-electron chi connectivity index (χ4n) is 5.38. The van der Waals surface area contributed by atoms with Crippen molar-refractivity contribution >= 4 is 59.0 Å². The molecular formula is C36H25BrO2. The van der Waals surface area contributed by atoms with E-state index in [1.165, 1.54) is 21.5 Å². The zero-order chi connectivity index (χ0) is 26.2. The van der Waals surface area contributed by atoms with E-state index < -0.39 is 0 Å². The molecule has 2 nitrogen and oxygen atoms in total. The molecular weight excluding hydrogens is 544 g/mol. The van der Waals surface area contributed by atoms with E-state index in [0.29, 0.717) is 13.2 Å². The van der Waals surface area contributed by atoms with Crippen molar-refractivity contribution in [3.63, 3.8) is 0 Å². The molecule has 0 unspecified atom stereocenters. The first-order chi connectivity index (χ1) is 19.2. The zero-order valence-electron chi connectivity index (χ0n) is 21.2. The average molecular weight is 569 g/mol. The molecule has 0 atom stereocenters. The first-order valence-electron chi connectivity index (χ1n) is 13.1. The van der Waals surface area contributed by atoms with Crippen LogP contribution >= 0.6 is 15.9 Å². The van der Waals surface area contributed by atoms with Crippen molar-refractivity contribution < 1.29 is 9.47 Å². The molecule has 0 heterocycles. The Morgan fingerprint density at radius 1 is 0.436 bits per heavy atom. The van der Waals surface area contributed by atoms with Crippen LogP contribution in [0.4, 0.5) is 0 Å². The van der Waals surface area contributed by atoms with Gasteiger partial charge in [-0.25, -0.2) is 0 Å². The Labute approximate surface area is 235 Å². The van der Waals surface area contributed by atoms with Gasteiger partial charge in [0.25, 0.3) is 0 Å². The molecule has 188 valence electrons. The third-order valence-corrected chi connectivity index (χ3v) is 7.96. The molecule has 0 radical (unpaired) electrons. The standard InChI is InChI=1S/C36H25BrO2/c37-33-15-7-14-32-34(33)36(39-23-25-17-19-27-9-2-4-11-29(27)21-25)31-13-6-5-12-30(31)35(32)38-22-24-16-18-26-8-1-3-10-28(26)20-24/h1-21H,22-23H2. The lowest BCUT2D eigenvalue weighted by molar-refractivity contribution is 0.308. The van der Waals surface area contributed by atoms with Crippen molar-refractivity contribution in [2.75, 3.05) is 0 Å². The second kappa shape index (κ2) is 10.1. The fraction of sp³-hybridized carbons (Fsp3) is 0.0556. The molecule has 0 aromatic heterocycles. The number of halogens is 1. The highest BCUT2D eigenvalue weighted by molar-refractivity contribution is 9.10. The van der Waals surface area contributed by atoms with Gasteiger partial charge >= 0.3 is 0 Å². The van der Waals surface area contributed by atoms with Crippen LogP contribution in [-0.2, 0) is 13.2 Å². The third-order valence-electron chi connectivity index (χ3n) is 7.30. The van der Waals surface area contributed by atoms with Gasteiger partial charge in [-0.2, -0.15) is 0 Å². The van der Waals surface area contributed by atoms with Gasteiger partial charge in [0, 0.05) is 26.0 Å². The summed E-state index contributed by atoms with van der Waals surface area (Å²) >= 11 is 3.81. The van der Waals surface area contributed by atoms with Crippen LogP contribution in [0.5, 0.6) is 11.5 Å². The summed E-state index contributed by atoms with van der Waals surface area (Å²) in [6, 6.07) is 44.4. The maximum absolute atomic E-state index is 6.63. The van der Waals surface area contributed by atoms with Crippen LogP contribution in [0.1, 0.15) is 11.1 Å². The molecule has 0 N–H and O–H groups in total. The van der Waals surface area contributed by atoms with Crippen LogP contribution in [0.2, 0.25) is 0 Å². The normalized spacial score (nSPS) is 11.4. The number of rotatable bonds is 6. The maximum Gasteiger partial charge on any atom is 0.136 e. The average Bonchev–Trinajstić information content (AvgIpc) is 2.99. The Kier molecular flexibility index (Phi) is 6.14. The summed E-state index contributed by atoms with van der Waals surface area (Å²) in [6.45, 7) is 0.955. The zero-order valence-corrected chi connectivity index (χ0v) is 22.8. The van der Waals surface area contributed by atoms with Crippen molar-refractivity contribution in [2.45, 2.75) is 13.2 Å². The summed E-state index contributed by atoms with van der Waals surface area (Å²) in [5.74, 6) is 1.73. The second-order valence-electron chi connectivity index (χ2n) is 9.81. The molecule has 0 aliphatic rings. The van der Waals surface area contributed by atoms with Gasteiger partial charge in [0.05, 0.1) is 0 Å². The molecule has 7 rings (SSSR count). The minimum Gasteiger partial charge on any atom is -0.488 e. The van der Waals surface area contributed by atoms with E-state index >= 15 is 0 Å². The number of hydrogen-bond acceptors (Lipinski definition) is 2. The van der Waals surface area contributed by atoms with Crippen molar-refractivity contribution in [2.24, 2.45) is 0 Å². The molecule has 7 aromatic carbocycles. The van der Waals surface area contributed by atoms with Crippen LogP contribution in [0.3, 0.4) is 0 Å². The van der Waals surface area contributed by atoms with Crippen molar-refractivity contribution in [3.8, 4) is 11.5 Å².